The summed E-state index contributed by atoms with van der Waals surface area (Å²) < 4.78 is 0. The van der Waals surface area contributed by atoms with Crippen molar-refractivity contribution in [2.75, 3.05) is 12.0 Å². The van der Waals surface area contributed by atoms with Crippen molar-refractivity contribution in [1.29, 1.82) is 0 Å². The fourth-order valence-electron chi connectivity index (χ4n) is 4.58. The molecule has 0 unspecified atom stereocenters. The molecule has 0 aliphatic heterocycles. The van der Waals surface area contributed by atoms with Gasteiger partial charge in [-0.15, -0.1) is 0 Å². The highest BCUT2D eigenvalue weighted by atomic mass is 32.2. The summed E-state index contributed by atoms with van der Waals surface area (Å²) in [4.78, 5) is 101. The number of rotatable bonds is 24. The quantitative estimate of drug-likeness (QED) is 0.0576. The van der Waals surface area contributed by atoms with E-state index in [0.29, 0.717) is 31.3 Å². The SMILES string of the molecule is CC[C@H](C)[C@H](NC(=O)[C@H](CC(C)C)NC(=O)[C@H](CC(N)=O)NC(=O)[C@@H](N)CC(C)C)C(=O)N[C@@H](CC(=O)O)C(=O)N[C@H](C=O)CCSC. The standard InChI is InChI=1S/C31H55N7O9S/c1-8-18(6)26(31(47)37-23(14-25(41)42)28(44)34-19(15-39)9-10-48-7)38-30(46)21(12-17(4)5)36-29(45)22(13-24(33)40)35-27(43)20(32)11-16(2)3/h15-23,26H,8-14,32H2,1-7H3,(H2,33,40)(H,34,44)(H,35,43)(H,36,45)(H,37,47)(H,38,46)(H,41,42)/t18-,19-,20-,21-,22-,23-,26-/m0/s1. The molecule has 0 bridgehead atoms. The zero-order chi connectivity index (χ0) is 37.1. The number of carboxylic acid groups (broad SMARTS) is 1. The predicted molar refractivity (Wildman–Crippen MR) is 181 cm³/mol. The average molecular weight is 702 g/mol. The lowest BCUT2D eigenvalue weighted by molar-refractivity contribution is -0.141. The molecule has 17 heteroatoms. The Kier molecular flexibility index (Phi) is 21.0. The van der Waals surface area contributed by atoms with Crippen molar-refractivity contribution < 1.29 is 43.5 Å². The van der Waals surface area contributed by atoms with E-state index in [4.69, 9.17) is 11.5 Å². The van der Waals surface area contributed by atoms with Gasteiger partial charge in [-0.2, -0.15) is 11.8 Å². The first-order valence-corrected chi connectivity index (χ1v) is 17.5. The maximum Gasteiger partial charge on any atom is 0.305 e. The first kappa shape index (κ1) is 44.3. The van der Waals surface area contributed by atoms with E-state index in [1.54, 1.807) is 27.7 Å². The molecule has 274 valence electrons. The Bertz CT molecular complexity index is 1120. The van der Waals surface area contributed by atoms with Gasteiger partial charge in [0.15, 0.2) is 0 Å². The van der Waals surface area contributed by atoms with E-state index in [1.165, 1.54) is 11.8 Å². The van der Waals surface area contributed by atoms with E-state index in [1.807, 2.05) is 20.1 Å². The summed E-state index contributed by atoms with van der Waals surface area (Å²) in [7, 11) is 0. The minimum absolute atomic E-state index is 0.0796. The van der Waals surface area contributed by atoms with Gasteiger partial charge in [0.2, 0.25) is 35.4 Å². The topological polar surface area (TPSA) is 269 Å². The Morgan fingerprint density at radius 1 is 0.729 bits per heavy atom. The van der Waals surface area contributed by atoms with Crippen LogP contribution in [0.3, 0.4) is 0 Å². The Balaban J connectivity index is 6.11. The minimum atomic E-state index is -1.55. The van der Waals surface area contributed by atoms with Crippen LogP contribution in [0.1, 0.15) is 80.1 Å². The molecule has 6 amide bonds. The summed E-state index contributed by atoms with van der Waals surface area (Å²) in [6, 6.07) is -7.31. The van der Waals surface area contributed by atoms with Crippen molar-refractivity contribution in [2.45, 2.75) is 116 Å². The second-order valence-electron chi connectivity index (χ2n) is 12.7. The maximum atomic E-state index is 13.6. The molecule has 0 aromatic rings. The van der Waals surface area contributed by atoms with Crippen LogP contribution in [0.4, 0.5) is 0 Å². The first-order valence-electron chi connectivity index (χ1n) is 16.1. The normalized spacial score (nSPS) is 15.5. The van der Waals surface area contributed by atoms with Crippen LogP contribution < -0.4 is 38.1 Å². The number of hydrogen-bond acceptors (Lipinski definition) is 10. The zero-order valence-corrected chi connectivity index (χ0v) is 29.8. The van der Waals surface area contributed by atoms with Crippen LogP contribution >= 0.6 is 11.8 Å². The monoisotopic (exact) mass is 701 g/mol. The lowest BCUT2D eigenvalue weighted by Crippen LogP contribution is -2.60. The molecule has 0 aliphatic carbocycles. The molecule has 0 spiro atoms. The fourth-order valence-corrected chi connectivity index (χ4v) is 5.07. The minimum Gasteiger partial charge on any atom is -0.481 e. The van der Waals surface area contributed by atoms with Gasteiger partial charge in [0.25, 0.3) is 0 Å². The third kappa shape index (κ3) is 17.4. The van der Waals surface area contributed by atoms with E-state index in [2.05, 4.69) is 26.6 Å². The third-order valence-corrected chi connectivity index (χ3v) is 8.01. The highest BCUT2D eigenvalue weighted by Gasteiger charge is 2.35. The van der Waals surface area contributed by atoms with Crippen molar-refractivity contribution in [3.05, 3.63) is 0 Å². The van der Waals surface area contributed by atoms with Crippen LogP contribution in [0.15, 0.2) is 0 Å². The molecule has 48 heavy (non-hydrogen) atoms. The molecule has 0 saturated carbocycles. The van der Waals surface area contributed by atoms with E-state index >= 15 is 0 Å². The number of carbonyl (C=O) groups is 8. The Labute approximate surface area is 286 Å². The van der Waals surface area contributed by atoms with Crippen molar-refractivity contribution in [2.24, 2.45) is 29.2 Å². The number of primary amides is 1. The molecule has 16 nitrogen and oxygen atoms in total. The van der Waals surface area contributed by atoms with E-state index in [0.717, 1.165) is 0 Å². The molecule has 10 N–H and O–H groups in total. The third-order valence-electron chi connectivity index (χ3n) is 7.37. The molecule has 7 atom stereocenters. The van der Waals surface area contributed by atoms with Gasteiger partial charge in [-0.1, -0.05) is 48.0 Å². The summed E-state index contributed by atoms with van der Waals surface area (Å²) in [6.45, 7) is 10.7. The van der Waals surface area contributed by atoms with Gasteiger partial charge in [-0.05, 0) is 49.0 Å². The second kappa shape index (κ2) is 22.8. The van der Waals surface area contributed by atoms with Crippen LogP contribution in [0, 0.1) is 17.8 Å². The number of amides is 6. The molecule has 0 aliphatic rings. The average Bonchev–Trinajstić information content (AvgIpc) is 2.98. The lowest BCUT2D eigenvalue weighted by Gasteiger charge is -2.29. The van der Waals surface area contributed by atoms with E-state index in [9.17, 15) is 43.5 Å². The van der Waals surface area contributed by atoms with E-state index < -0.39 is 96.4 Å². The molecule has 0 fully saturated rings. The van der Waals surface area contributed by atoms with Gasteiger partial charge >= 0.3 is 5.97 Å². The van der Waals surface area contributed by atoms with Crippen LogP contribution in [0.5, 0.6) is 0 Å². The molecule has 0 rings (SSSR count). The van der Waals surface area contributed by atoms with Crippen LogP contribution in [0.2, 0.25) is 0 Å². The molecular formula is C31H55N7O9S. The van der Waals surface area contributed by atoms with Crippen molar-refractivity contribution in [3.63, 3.8) is 0 Å². The van der Waals surface area contributed by atoms with E-state index in [-0.39, 0.29) is 18.3 Å². The predicted octanol–water partition coefficient (Wildman–Crippen LogP) is -0.822. The van der Waals surface area contributed by atoms with Gasteiger partial charge in [-0.25, -0.2) is 0 Å². The number of nitrogens with one attached hydrogen (secondary N) is 5. The summed E-state index contributed by atoms with van der Waals surface area (Å²) in [5, 5.41) is 21.8. The number of thioether (sulfide) groups is 1. The number of nitrogens with two attached hydrogens (primary N) is 2. The number of aldehydes is 1. The second-order valence-corrected chi connectivity index (χ2v) is 13.7. The summed E-state index contributed by atoms with van der Waals surface area (Å²) in [6.07, 6.45) is 2.11. The van der Waals surface area contributed by atoms with Crippen LogP contribution in [-0.2, 0) is 38.4 Å². The number of aliphatic carboxylic acids is 1. The fraction of sp³-hybridized carbons (Fsp3) is 0.742. The molecule has 0 aromatic carbocycles. The molecular weight excluding hydrogens is 646 g/mol. The van der Waals surface area contributed by atoms with Crippen LogP contribution in [-0.4, -0.2) is 101 Å². The Hall–Kier alpha value is -3.73. The van der Waals surface area contributed by atoms with Crippen LogP contribution in [0.25, 0.3) is 0 Å². The van der Waals surface area contributed by atoms with Crippen molar-refractivity contribution in [3.8, 4) is 0 Å². The highest BCUT2D eigenvalue weighted by Crippen LogP contribution is 2.13. The first-order chi connectivity index (χ1) is 22.4. The number of hydrogen-bond donors (Lipinski definition) is 8. The molecule has 0 radical (unpaired) electrons. The summed E-state index contributed by atoms with van der Waals surface area (Å²) in [5.41, 5.74) is 11.3. The van der Waals surface area contributed by atoms with Gasteiger partial charge < -0.3 is 48.0 Å². The van der Waals surface area contributed by atoms with Gasteiger partial charge in [0, 0.05) is 0 Å². The summed E-state index contributed by atoms with van der Waals surface area (Å²) in [5.74, 6) is -6.31. The van der Waals surface area contributed by atoms with Gasteiger partial charge in [0.05, 0.1) is 24.9 Å². The largest absolute Gasteiger partial charge is 0.481 e. The Morgan fingerprint density at radius 2 is 1.23 bits per heavy atom. The summed E-state index contributed by atoms with van der Waals surface area (Å²) >= 11 is 1.45. The maximum absolute atomic E-state index is 13.6. The lowest BCUT2D eigenvalue weighted by atomic mass is 9.96. The van der Waals surface area contributed by atoms with Crippen molar-refractivity contribution in [1.82, 2.24) is 26.6 Å². The van der Waals surface area contributed by atoms with Crippen molar-refractivity contribution >= 4 is 59.5 Å². The number of carbonyl (C=O) groups excluding carboxylic acids is 7. The smallest absolute Gasteiger partial charge is 0.305 e. The molecule has 0 aromatic heterocycles. The molecule has 0 saturated heterocycles. The highest BCUT2D eigenvalue weighted by molar-refractivity contribution is 7.98. The van der Waals surface area contributed by atoms with Gasteiger partial charge in [-0.3, -0.25) is 33.6 Å². The Morgan fingerprint density at radius 3 is 1.71 bits per heavy atom. The molecule has 0 heterocycles. The number of carboxylic acids is 1. The zero-order valence-electron chi connectivity index (χ0n) is 29.0. The van der Waals surface area contributed by atoms with Gasteiger partial charge in [0.1, 0.15) is 30.5 Å².